The Balaban J connectivity index is 1.70. The number of aryl methyl sites for hydroxylation is 2. The van der Waals surface area contributed by atoms with E-state index < -0.39 is 0 Å². The first-order valence-electron chi connectivity index (χ1n) is 7.66. The minimum absolute atomic E-state index is 0.00693. The lowest BCUT2D eigenvalue weighted by Crippen LogP contribution is -2.31. The second kappa shape index (κ2) is 6.42. The fourth-order valence-electron chi connectivity index (χ4n) is 2.51. The molecule has 2 N–H and O–H groups in total. The van der Waals surface area contributed by atoms with E-state index in [0.29, 0.717) is 5.11 Å². The highest BCUT2D eigenvalue weighted by Gasteiger charge is 2.13. The van der Waals surface area contributed by atoms with Crippen LogP contribution in [0.2, 0.25) is 0 Å². The largest absolute Gasteiger partial charge is 0.459 e. The number of anilines is 1. The van der Waals surface area contributed by atoms with Crippen LogP contribution in [0.25, 0.3) is 11.0 Å². The summed E-state index contributed by atoms with van der Waals surface area (Å²) in [6, 6.07) is 16.3. The number of hydrogen-bond donors (Lipinski definition) is 2. The summed E-state index contributed by atoms with van der Waals surface area (Å²) < 4.78 is 5.87. The van der Waals surface area contributed by atoms with E-state index >= 15 is 0 Å². The van der Waals surface area contributed by atoms with E-state index in [2.05, 4.69) is 42.7 Å². The van der Waals surface area contributed by atoms with Crippen molar-refractivity contribution in [2.45, 2.75) is 26.8 Å². The molecule has 0 saturated carbocycles. The zero-order chi connectivity index (χ0) is 16.4. The molecule has 0 unspecified atom stereocenters. The van der Waals surface area contributed by atoms with Crippen molar-refractivity contribution < 1.29 is 4.42 Å². The second-order valence-electron chi connectivity index (χ2n) is 5.83. The number of furan rings is 1. The fourth-order valence-corrected chi connectivity index (χ4v) is 2.80. The average Bonchev–Trinajstić information content (AvgIpc) is 2.95. The van der Waals surface area contributed by atoms with Crippen molar-refractivity contribution in [1.29, 1.82) is 0 Å². The van der Waals surface area contributed by atoms with Gasteiger partial charge in [-0.25, -0.2) is 0 Å². The number of thiocarbonyl (C=S) groups is 1. The standard InChI is InChI=1S/C19H20N2OS/c1-12-8-9-13(2)16(10-12)21-19(23)20-14(3)18-11-15-6-4-5-7-17(15)22-18/h4-11,14H,1-3H3,(H2,20,21,23)/t14-/m1/s1. The molecule has 1 atom stereocenters. The van der Waals surface area contributed by atoms with Gasteiger partial charge in [0.1, 0.15) is 11.3 Å². The van der Waals surface area contributed by atoms with Crippen LogP contribution in [-0.2, 0) is 0 Å². The summed E-state index contributed by atoms with van der Waals surface area (Å²) in [5.74, 6) is 0.872. The summed E-state index contributed by atoms with van der Waals surface area (Å²) in [4.78, 5) is 0. The average molecular weight is 324 g/mol. The summed E-state index contributed by atoms with van der Waals surface area (Å²) in [6.07, 6.45) is 0. The van der Waals surface area contributed by atoms with Crippen LogP contribution < -0.4 is 10.6 Å². The Morgan fingerprint density at radius 1 is 1.09 bits per heavy atom. The molecule has 0 saturated heterocycles. The molecule has 1 heterocycles. The van der Waals surface area contributed by atoms with E-state index in [1.807, 2.05) is 37.3 Å². The van der Waals surface area contributed by atoms with E-state index in [1.165, 1.54) is 5.56 Å². The number of fused-ring (bicyclic) bond motifs is 1. The van der Waals surface area contributed by atoms with E-state index in [1.54, 1.807) is 0 Å². The van der Waals surface area contributed by atoms with Gasteiger partial charge in [-0.05, 0) is 62.3 Å². The molecule has 3 rings (SSSR count). The third kappa shape index (κ3) is 3.54. The first-order chi connectivity index (χ1) is 11.0. The molecule has 2 aromatic carbocycles. The van der Waals surface area contributed by atoms with Crippen LogP contribution in [-0.4, -0.2) is 5.11 Å². The second-order valence-corrected chi connectivity index (χ2v) is 6.23. The van der Waals surface area contributed by atoms with E-state index in [4.69, 9.17) is 16.6 Å². The van der Waals surface area contributed by atoms with Crippen LogP contribution in [0.3, 0.4) is 0 Å². The monoisotopic (exact) mass is 324 g/mol. The molecular weight excluding hydrogens is 304 g/mol. The van der Waals surface area contributed by atoms with Gasteiger partial charge < -0.3 is 15.1 Å². The third-order valence-electron chi connectivity index (χ3n) is 3.86. The molecule has 118 valence electrons. The maximum absolute atomic E-state index is 5.87. The number of nitrogens with one attached hydrogen (secondary N) is 2. The smallest absolute Gasteiger partial charge is 0.171 e. The maximum atomic E-state index is 5.87. The normalized spacial score (nSPS) is 12.1. The summed E-state index contributed by atoms with van der Waals surface area (Å²) in [7, 11) is 0. The molecule has 3 aromatic rings. The Morgan fingerprint density at radius 3 is 2.65 bits per heavy atom. The lowest BCUT2D eigenvalue weighted by atomic mass is 10.1. The lowest BCUT2D eigenvalue weighted by molar-refractivity contribution is 0.493. The fraction of sp³-hybridized carbons (Fsp3) is 0.211. The SMILES string of the molecule is Cc1ccc(C)c(NC(=S)N[C@H](C)c2cc3ccccc3o2)c1. The topological polar surface area (TPSA) is 37.2 Å². The highest BCUT2D eigenvalue weighted by atomic mass is 32.1. The first-order valence-corrected chi connectivity index (χ1v) is 8.07. The Hall–Kier alpha value is -2.33. The number of hydrogen-bond acceptors (Lipinski definition) is 2. The summed E-state index contributed by atoms with van der Waals surface area (Å²) in [5, 5.41) is 8.23. The highest BCUT2D eigenvalue weighted by Crippen LogP contribution is 2.24. The van der Waals surface area contributed by atoms with E-state index in [-0.39, 0.29) is 6.04 Å². The van der Waals surface area contributed by atoms with Crippen molar-refractivity contribution in [3.63, 3.8) is 0 Å². The van der Waals surface area contributed by atoms with Crippen molar-refractivity contribution in [3.05, 3.63) is 65.4 Å². The van der Waals surface area contributed by atoms with Crippen molar-refractivity contribution in [1.82, 2.24) is 5.32 Å². The Labute approximate surface area is 141 Å². The van der Waals surface area contributed by atoms with Crippen LogP contribution in [0, 0.1) is 13.8 Å². The van der Waals surface area contributed by atoms with Crippen molar-refractivity contribution >= 4 is 34.0 Å². The molecule has 3 nitrogen and oxygen atoms in total. The quantitative estimate of drug-likeness (QED) is 0.658. The Morgan fingerprint density at radius 2 is 1.87 bits per heavy atom. The van der Waals surface area contributed by atoms with Crippen LogP contribution in [0.15, 0.2) is 52.9 Å². The minimum atomic E-state index is -0.00693. The molecule has 23 heavy (non-hydrogen) atoms. The predicted molar refractivity (Wildman–Crippen MR) is 99.9 cm³/mol. The van der Waals surface area contributed by atoms with E-state index in [9.17, 15) is 0 Å². The summed E-state index contributed by atoms with van der Waals surface area (Å²) in [6.45, 7) is 6.17. The molecule has 0 radical (unpaired) electrons. The van der Waals surface area contributed by atoms with Crippen LogP contribution in [0.5, 0.6) is 0 Å². The summed E-state index contributed by atoms with van der Waals surface area (Å²) in [5.41, 5.74) is 4.28. The molecule has 0 aliphatic heterocycles. The number of benzene rings is 2. The molecule has 0 amide bonds. The molecule has 0 aliphatic carbocycles. The zero-order valence-electron chi connectivity index (χ0n) is 13.5. The van der Waals surface area contributed by atoms with Crippen LogP contribution >= 0.6 is 12.2 Å². The highest BCUT2D eigenvalue weighted by molar-refractivity contribution is 7.80. The van der Waals surface area contributed by atoms with Gasteiger partial charge in [0.25, 0.3) is 0 Å². The van der Waals surface area contributed by atoms with Gasteiger partial charge in [-0.2, -0.15) is 0 Å². The Bertz CT molecular complexity index is 820. The lowest BCUT2D eigenvalue weighted by Gasteiger charge is -2.16. The summed E-state index contributed by atoms with van der Waals surface area (Å²) >= 11 is 5.43. The molecule has 0 fully saturated rings. The number of para-hydroxylation sites is 1. The first kappa shape index (κ1) is 15.6. The maximum Gasteiger partial charge on any atom is 0.171 e. The van der Waals surface area contributed by atoms with Gasteiger partial charge in [0.05, 0.1) is 6.04 Å². The van der Waals surface area contributed by atoms with Crippen molar-refractivity contribution in [2.24, 2.45) is 0 Å². The van der Waals surface area contributed by atoms with Gasteiger partial charge in [0.15, 0.2) is 5.11 Å². The Kier molecular flexibility index (Phi) is 4.35. The molecular formula is C19H20N2OS. The zero-order valence-corrected chi connectivity index (χ0v) is 14.3. The van der Waals surface area contributed by atoms with Crippen molar-refractivity contribution in [3.8, 4) is 0 Å². The molecule has 4 heteroatoms. The molecule has 0 spiro atoms. The molecule has 0 bridgehead atoms. The minimum Gasteiger partial charge on any atom is -0.459 e. The van der Waals surface area contributed by atoms with Gasteiger partial charge in [0, 0.05) is 11.1 Å². The molecule has 0 aliphatic rings. The van der Waals surface area contributed by atoms with Crippen LogP contribution in [0.1, 0.15) is 29.9 Å². The molecule has 1 aromatic heterocycles. The van der Waals surface area contributed by atoms with E-state index in [0.717, 1.165) is 28.0 Å². The number of rotatable bonds is 3. The van der Waals surface area contributed by atoms with Crippen molar-refractivity contribution in [2.75, 3.05) is 5.32 Å². The van der Waals surface area contributed by atoms with Gasteiger partial charge in [0.2, 0.25) is 0 Å². The van der Waals surface area contributed by atoms with Gasteiger partial charge in [-0.1, -0.05) is 30.3 Å². The van der Waals surface area contributed by atoms with Gasteiger partial charge in [-0.15, -0.1) is 0 Å². The van der Waals surface area contributed by atoms with Crippen LogP contribution in [0.4, 0.5) is 5.69 Å². The van der Waals surface area contributed by atoms with Gasteiger partial charge >= 0.3 is 0 Å². The third-order valence-corrected chi connectivity index (χ3v) is 4.08. The van der Waals surface area contributed by atoms with Gasteiger partial charge in [-0.3, -0.25) is 0 Å². The predicted octanol–water partition coefficient (Wildman–Crippen LogP) is 5.10.